The van der Waals surface area contributed by atoms with Crippen molar-refractivity contribution in [2.24, 2.45) is 11.8 Å². The van der Waals surface area contributed by atoms with Gasteiger partial charge in [0.2, 0.25) is 5.91 Å². The maximum Gasteiger partial charge on any atom is 0.275 e. The molecule has 8 nitrogen and oxygen atoms in total. The maximum absolute atomic E-state index is 13.2. The largest absolute Gasteiger partial charge is 0.352 e. The molecule has 0 aliphatic heterocycles. The molecule has 35 heavy (non-hydrogen) atoms. The quantitative estimate of drug-likeness (QED) is 0.470. The summed E-state index contributed by atoms with van der Waals surface area (Å²) in [5.41, 5.74) is 2.08. The third kappa shape index (κ3) is 5.06. The highest BCUT2D eigenvalue weighted by Crippen LogP contribution is 2.33. The van der Waals surface area contributed by atoms with Gasteiger partial charge in [0.25, 0.3) is 11.8 Å². The van der Waals surface area contributed by atoms with Crippen molar-refractivity contribution in [2.75, 3.05) is 23.8 Å². The van der Waals surface area contributed by atoms with E-state index in [9.17, 15) is 14.4 Å². The van der Waals surface area contributed by atoms with Gasteiger partial charge in [-0.15, -0.1) is 0 Å². The fourth-order valence-corrected chi connectivity index (χ4v) is 4.80. The monoisotopic (exact) mass is 473 g/mol. The number of nitrogens with zero attached hydrogens (tertiary/aromatic N) is 2. The number of anilines is 2. The molecule has 8 heteroatoms. The molecule has 0 atom stereocenters. The number of nitrogens with one attached hydrogen (secondary N) is 3. The molecule has 1 aromatic carbocycles. The van der Waals surface area contributed by atoms with Crippen molar-refractivity contribution in [1.82, 2.24) is 15.3 Å². The molecule has 3 N–H and O–H groups in total. The first-order valence-electron chi connectivity index (χ1n) is 12.4. The standard InChI is InChI=1S/C27H31N5O3/c1-32(27(35)18-7-3-2-4-8-18)19-12-13-20-22(15-19)30-24(23(20)26(34)29-16-17-10-11-17)31-25(33)21-9-5-6-14-28-21/h5-6,9,12-15,17-18,30H,2-4,7-8,10-11,16H2,1H3,(H,29,34)(H,31,33). The van der Waals surface area contributed by atoms with Gasteiger partial charge in [-0.1, -0.05) is 25.3 Å². The molecule has 3 amide bonds. The minimum absolute atomic E-state index is 0.0603. The number of H-pyrrole nitrogens is 1. The second-order valence-corrected chi connectivity index (χ2v) is 9.66. The van der Waals surface area contributed by atoms with Crippen molar-refractivity contribution in [3.05, 3.63) is 53.9 Å². The van der Waals surface area contributed by atoms with Gasteiger partial charge in [0.05, 0.1) is 5.56 Å². The molecule has 5 rings (SSSR count). The number of benzene rings is 1. The first-order chi connectivity index (χ1) is 17.0. The van der Waals surface area contributed by atoms with Gasteiger partial charge in [-0.05, 0) is 61.9 Å². The Bertz CT molecular complexity index is 1240. The van der Waals surface area contributed by atoms with E-state index in [4.69, 9.17) is 0 Å². The average Bonchev–Trinajstić information content (AvgIpc) is 3.66. The first-order valence-corrected chi connectivity index (χ1v) is 12.4. The van der Waals surface area contributed by atoms with Crippen molar-refractivity contribution in [2.45, 2.75) is 44.9 Å². The van der Waals surface area contributed by atoms with Crippen molar-refractivity contribution in [3.8, 4) is 0 Å². The fourth-order valence-electron chi connectivity index (χ4n) is 4.80. The van der Waals surface area contributed by atoms with E-state index >= 15 is 0 Å². The number of hydrogen-bond acceptors (Lipinski definition) is 4. The Labute approximate surface area is 204 Å². The molecule has 2 aromatic heterocycles. The molecule has 0 spiro atoms. The van der Waals surface area contributed by atoms with Crippen molar-refractivity contribution < 1.29 is 14.4 Å². The van der Waals surface area contributed by atoms with Crippen LogP contribution in [0.1, 0.15) is 65.8 Å². The predicted octanol–water partition coefficient (Wildman–Crippen LogP) is 4.50. The van der Waals surface area contributed by atoms with Crippen LogP contribution < -0.4 is 15.5 Å². The Kier molecular flexibility index (Phi) is 6.53. The Morgan fingerprint density at radius 3 is 2.54 bits per heavy atom. The summed E-state index contributed by atoms with van der Waals surface area (Å²) in [7, 11) is 1.80. The predicted molar refractivity (Wildman–Crippen MR) is 136 cm³/mol. The Hall–Kier alpha value is -3.68. The van der Waals surface area contributed by atoms with E-state index in [2.05, 4.69) is 20.6 Å². The normalized spacial score (nSPS) is 16.1. The lowest BCUT2D eigenvalue weighted by molar-refractivity contribution is -0.123. The second-order valence-electron chi connectivity index (χ2n) is 9.66. The Morgan fingerprint density at radius 1 is 1.03 bits per heavy atom. The molecule has 2 fully saturated rings. The molecule has 2 heterocycles. The zero-order chi connectivity index (χ0) is 24.4. The van der Waals surface area contributed by atoms with Crippen molar-refractivity contribution in [3.63, 3.8) is 0 Å². The van der Waals surface area contributed by atoms with Crippen molar-refractivity contribution in [1.29, 1.82) is 0 Å². The third-order valence-corrected chi connectivity index (χ3v) is 7.07. The SMILES string of the molecule is CN(C(=O)C1CCCCC1)c1ccc2c(C(=O)NCC3CC3)c(NC(=O)c3ccccn3)[nH]c2c1. The van der Waals surface area contributed by atoms with Crippen molar-refractivity contribution >= 4 is 40.1 Å². The molecular weight excluding hydrogens is 442 g/mol. The van der Waals surface area contributed by atoms with E-state index in [0.29, 0.717) is 34.7 Å². The number of amides is 3. The second kappa shape index (κ2) is 9.90. The Morgan fingerprint density at radius 2 is 1.83 bits per heavy atom. The third-order valence-electron chi connectivity index (χ3n) is 7.07. The zero-order valence-electron chi connectivity index (χ0n) is 20.0. The number of carbonyl (C=O) groups is 3. The molecule has 182 valence electrons. The van der Waals surface area contributed by atoms with Crippen LogP contribution in [0.3, 0.4) is 0 Å². The summed E-state index contributed by atoms with van der Waals surface area (Å²) in [6.07, 6.45) is 9.06. The van der Waals surface area contributed by atoms with Crippen LogP contribution in [0, 0.1) is 11.8 Å². The number of carbonyl (C=O) groups excluding carboxylic acids is 3. The topological polar surface area (TPSA) is 107 Å². The number of rotatable bonds is 7. The molecule has 2 saturated carbocycles. The summed E-state index contributed by atoms with van der Waals surface area (Å²) in [6.45, 7) is 0.621. The van der Waals surface area contributed by atoms with Crippen LogP contribution in [0.15, 0.2) is 42.6 Å². The minimum Gasteiger partial charge on any atom is -0.352 e. The summed E-state index contributed by atoms with van der Waals surface area (Å²) in [4.78, 5) is 48.0. The van der Waals surface area contributed by atoms with Crippen LogP contribution in [0.2, 0.25) is 0 Å². The molecule has 2 aliphatic rings. The molecule has 0 saturated heterocycles. The lowest BCUT2D eigenvalue weighted by Crippen LogP contribution is -2.33. The smallest absolute Gasteiger partial charge is 0.275 e. The van der Waals surface area contributed by atoms with Crippen LogP contribution in [0.4, 0.5) is 11.5 Å². The molecule has 0 bridgehead atoms. The van der Waals surface area contributed by atoms with Gasteiger partial charge in [0.15, 0.2) is 0 Å². The summed E-state index contributed by atoms with van der Waals surface area (Å²) in [6, 6.07) is 10.7. The fraction of sp³-hybridized carbons (Fsp3) is 0.407. The molecular formula is C27H31N5O3. The van der Waals surface area contributed by atoms with Gasteiger partial charge in [0, 0.05) is 42.3 Å². The van der Waals surface area contributed by atoms with Gasteiger partial charge < -0.3 is 20.5 Å². The minimum atomic E-state index is -0.404. The first kappa shape index (κ1) is 23.1. The summed E-state index contributed by atoms with van der Waals surface area (Å²) in [5, 5.41) is 6.52. The highest BCUT2D eigenvalue weighted by Gasteiger charge is 2.27. The maximum atomic E-state index is 13.2. The van der Waals surface area contributed by atoms with E-state index in [1.165, 1.54) is 6.42 Å². The van der Waals surface area contributed by atoms with E-state index in [-0.39, 0.29) is 23.4 Å². The van der Waals surface area contributed by atoms with E-state index < -0.39 is 5.91 Å². The van der Waals surface area contributed by atoms with Gasteiger partial charge >= 0.3 is 0 Å². The number of aromatic nitrogens is 2. The van der Waals surface area contributed by atoms with Crippen LogP contribution in [0.5, 0.6) is 0 Å². The number of fused-ring (bicyclic) bond motifs is 1. The number of aromatic amines is 1. The zero-order valence-corrected chi connectivity index (χ0v) is 20.0. The number of pyridine rings is 1. The highest BCUT2D eigenvalue weighted by molar-refractivity contribution is 6.15. The molecule has 2 aliphatic carbocycles. The van der Waals surface area contributed by atoms with Gasteiger partial charge in [-0.25, -0.2) is 0 Å². The van der Waals surface area contributed by atoms with Gasteiger partial charge in [0.1, 0.15) is 11.5 Å². The lowest BCUT2D eigenvalue weighted by atomic mass is 9.88. The van der Waals surface area contributed by atoms with Crippen LogP contribution in [0.25, 0.3) is 10.9 Å². The van der Waals surface area contributed by atoms with Crippen LogP contribution in [-0.2, 0) is 4.79 Å². The number of hydrogen-bond donors (Lipinski definition) is 3. The van der Waals surface area contributed by atoms with E-state index in [1.807, 2.05) is 18.2 Å². The highest BCUT2D eigenvalue weighted by atomic mass is 16.2. The van der Waals surface area contributed by atoms with E-state index in [1.54, 1.807) is 36.3 Å². The molecule has 0 radical (unpaired) electrons. The van der Waals surface area contributed by atoms with Gasteiger partial charge in [-0.3, -0.25) is 19.4 Å². The lowest BCUT2D eigenvalue weighted by Gasteiger charge is -2.26. The van der Waals surface area contributed by atoms with Gasteiger partial charge in [-0.2, -0.15) is 0 Å². The summed E-state index contributed by atoms with van der Waals surface area (Å²) < 4.78 is 0. The summed E-state index contributed by atoms with van der Waals surface area (Å²) in [5.74, 6) is 0.396. The molecule has 0 unspecified atom stereocenters. The Balaban J connectivity index is 1.45. The van der Waals surface area contributed by atoms with E-state index in [0.717, 1.165) is 44.2 Å². The summed E-state index contributed by atoms with van der Waals surface area (Å²) >= 11 is 0. The average molecular weight is 474 g/mol. The molecule has 3 aromatic rings. The van der Waals surface area contributed by atoms with Crippen LogP contribution >= 0.6 is 0 Å². The van der Waals surface area contributed by atoms with Crippen LogP contribution in [-0.4, -0.2) is 41.3 Å².